The van der Waals surface area contributed by atoms with Crippen LogP contribution in [-0.4, -0.2) is 53.4 Å². The van der Waals surface area contributed by atoms with Gasteiger partial charge in [0.15, 0.2) is 11.5 Å². The van der Waals surface area contributed by atoms with Crippen LogP contribution in [0.4, 0.5) is 5.00 Å². The van der Waals surface area contributed by atoms with Gasteiger partial charge in [-0.05, 0) is 88.6 Å². The van der Waals surface area contributed by atoms with Gasteiger partial charge in [0.05, 0.1) is 30.3 Å². The smallest absolute Gasteiger partial charge is 0.341 e. The van der Waals surface area contributed by atoms with Gasteiger partial charge in [-0.15, -0.1) is 11.3 Å². The maximum absolute atomic E-state index is 13.1. The summed E-state index contributed by atoms with van der Waals surface area (Å²) in [4.78, 5) is 41.3. The first-order valence-electron chi connectivity index (χ1n) is 14.9. The van der Waals surface area contributed by atoms with E-state index in [-0.39, 0.29) is 24.5 Å². The van der Waals surface area contributed by atoms with Gasteiger partial charge in [0, 0.05) is 17.8 Å². The van der Waals surface area contributed by atoms with Crippen LogP contribution in [-0.2, 0) is 14.3 Å². The number of esters is 1. The summed E-state index contributed by atoms with van der Waals surface area (Å²) in [5.74, 6) is 0.709. The Hall–Kier alpha value is -2.89. The van der Waals surface area contributed by atoms with Gasteiger partial charge in [0.2, 0.25) is 5.91 Å². The van der Waals surface area contributed by atoms with Crippen LogP contribution in [0.15, 0.2) is 23.1 Å². The molecule has 11 heteroatoms. The molecule has 1 aromatic heterocycles. The lowest BCUT2D eigenvalue weighted by Crippen LogP contribution is -2.29. The third-order valence-corrected chi connectivity index (χ3v) is 10.1. The highest BCUT2D eigenvalue weighted by molar-refractivity contribution is 8.26. The molecule has 2 amide bonds. The number of thiophene rings is 1. The summed E-state index contributed by atoms with van der Waals surface area (Å²) in [5, 5.41) is 3.42. The second-order valence-electron chi connectivity index (χ2n) is 10.7. The number of hydrogen-bond donors (Lipinski definition) is 1. The fourth-order valence-corrected chi connectivity index (χ4v) is 7.54. The number of unbranched alkanes of at least 4 members (excludes halogenated alkanes) is 2. The van der Waals surface area contributed by atoms with Crippen LogP contribution in [0.1, 0.15) is 91.1 Å². The van der Waals surface area contributed by atoms with Crippen molar-refractivity contribution in [3.8, 4) is 11.5 Å². The van der Waals surface area contributed by atoms with Gasteiger partial charge in [-0.2, -0.15) is 0 Å². The largest absolute Gasteiger partial charge is 0.493 e. The van der Waals surface area contributed by atoms with Crippen LogP contribution in [0, 0.1) is 13.8 Å². The molecule has 2 aliphatic rings. The van der Waals surface area contributed by atoms with E-state index in [4.69, 9.17) is 26.4 Å². The molecule has 1 saturated carbocycles. The SMILES string of the molecule is CCOC(=O)c1c(NC(=O)CCCCCN2C(=O)/C(=C/c3ccc(OC4CCCCC4)c(OC)c3)SC2=S)sc(C)c1C. The fourth-order valence-electron chi connectivity index (χ4n) is 5.16. The Labute approximate surface area is 267 Å². The normalized spacial score (nSPS) is 16.6. The Balaban J connectivity index is 1.25. The number of nitrogens with zero attached hydrogens (tertiary/aromatic N) is 1. The number of carbonyl (C=O) groups excluding carboxylic acids is 3. The average molecular weight is 645 g/mol. The van der Waals surface area contributed by atoms with Gasteiger partial charge in [-0.25, -0.2) is 4.79 Å². The van der Waals surface area contributed by atoms with Gasteiger partial charge in [-0.3, -0.25) is 14.5 Å². The van der Waals surface area contributed by atoms with Crippen LogP contribution in [0.3, 0.4) is 0 Å². The quantitative estimate of drug-likeness (QED) is 0.103. The number of benzene rings is 1. The molecule has 8 nitrogen and oxygen atoms in total. The molecule has 2 aromatic rings. The summed E-state index contributed by atoms with van der Waals surface area (Å²) in [7, 11) is 1.63. The zero-order valence-electron chi connectivity index (χ0n) is 25.3. The minimum atomic E-state index is -0.419. The second kappa shape index (κ2) is 15.7. The van der Waals surface area contributed by atoms with Crippen LogP contribution in [0.25, 0.3) is 6.08 Å². The molecule has 43 heavy (non-hydrogen) atoms. The lowest BCUT2D eigenvalue weighted by Gasteiger charge is -2.24. The first kappa shape index (κ1) is 33.0. The summed E-state index contributed by atoms with van der Waals surface area (Å²) in [6, 6.07) is 5.74. The Bertz CT molecular complexity index is 1380. The first-order valence-corrected chi connectivity index (χ1v) is 16.9. The third-order valence-electron chi connectivity index (χ3n) is 7.61. The third kappa shape index (κ3) is 8.61. The molecular weight excluding hydrogens is 605 g/mol. The van der Waals surface area contributed by atoms with Crippen molar-refractivity contribution in [1.82, 2.24) is 4.90 Å². The molecule has 1 N–H and O–H groups in total. The summed E-state index contributed by atoms with van der Waals surface area (Å²) in [6.07, 6.45) is 10.3. The number of carbonyl (C=O) groups is 3. The standard InChI is InChI=1S/C32H40N2O6S3/c1-5-39-31(37)28-20(2)21(3)42-29(28)33-27(35)14-10-7-11-17-34-30(36)26(43-32(34)41)19-22-15-16-24(25(18-22)38-4)40-23-12-8-6-9-13-23/h15-16,18-19,23H,5-14,17H2,1-4H3,(H,33,35)/b26-19-. The molecule has 1 aromatic carbocycles. The van der Waals surface area contributed by atoms with E-state index in [2.05, 4.69) is 5.32 Å². The van der Waals surface area contributed by atoms with Crippen molar-refractivity contribution in [2.45, 2.75) is 84.7 Å². The highest BCUT2D eigenvalue weighted by atomic mass is 32.2. The number of methoxy groups -OCH3 is 1. The summed E-state index contributed by atoms with van der Waals surface area (Å²) < 4.78 is 17.5. The van der Waals surface area contributed by atoms with Crippen molar-refractivity contribution >= 4 is 68.5 Å². The summed E-state index contributed by atoms with van der Waals surface area (Å²) in [5.41, 5.74) is 2.11. The molecule has 1 aliphatic heterocycles. The zero-order valence-corrected chi connectivity index (χ0v) is 27.7. The molecule has 1 aliphatic carbocycles. The number of thioether (sulfide) groups is 1. The van der Waals surface area contributed by atoms with Crippen molar-refractivity contribution in [3.63, 3.8) is 0 Å². The Morgan fingerprint density at radius 1 is 1.12 bits per heavy atom. The van der Waals surface area contributed by atoms with Crippen molar-refractivity contribution < 1.29 is 28.6 Å². The molecule has 232 valence electrons. The lowest BCUT2D eigenvalue weighted by molar-refractivity contribution is -0.122. The summed E-state index contributed by atoms with van der Waals surface area (Å²) in [6.45, 7) is 6.31. The summed E-state index contributed by atoms with van der Waals surface area (Å²) >= 11 is 8.19. The molecule has 0 radical (unpaired) electrons. The molecule has 4 rings (SSSR count). The molecule has 2 fully saturated rings. The molecule has 0 atom stereocenters. The number of nitrogens with one attached hydrogen (secondary N) is 1. The minimum absolute atomic E-state index is 0.107. The van der Waals surface area contributed by atoms with Gasteiger partial charge < -0.3 is 19.5 Å². The number of anilines is 1. The Morgan fingerprint density at radius 3 is 2.60 bits per heavy atom. The number of ether oxygens (including phenoxy) is 3. The molecular formula is C32H40N2O6S3. The van der Waals surface area contributed by atoms with Crippen molar-refractivity contribution in [2.75, 3.05) is 25.6 Å². The second-order valence-corrected chi connectivity index (χ2v) is 13.6. The van der Waals surface area contributed by atoms with Crippen LogP contribution in [0.2, 0.25) is 0 Å². The molecule has 0 unspecified atom stereocenters. The average Bonchev–Trinajstić information content (AvgIpc) is 3.42. The van der Waals surface area contributed by atoms with Gasteiger partial charge in [-0.1, -0.05) is 42.9 Å². The predicted octanol–water partition coefficient (Wildman–Crippen LogP) is 7.66. The maximum Gasteiger partial charge on any atom is 0.341 e. The minimum Gasteiger partial charge on any atom is -0.493 e. The van der Waals surface area contributed by atoms with Crippen molar-refractivity contribution in [3.05, 3.63) is 44.7 Å². The lowest BCUT2D eigenvalue weighted by atomic mass is 9.98. The molecule has 1 saturated heterocycles. The molecule has 0 bridgehead atoms. The molecule has 2 heterocycles. The predicted molar refractivity (Wildman–Crippen MR) is 177 cm³/mol. The van der Waals surface area contributed by atoms with E-state index in [1.807, 2.05) is 38.1 Å². The van der Waals surface area contributed by atoms with Crippen molar-refractivity contribution in [2.24, 2.45) is 0 Å². The topological polar surface area (TPSA) is 94.2 Å². The van der Waals surface area contributed by atoms with Gasteiger partial charge >= 0.3 is 5.97 Å². The number of thiocarbonyl (C=S) groups is 1. The van der Waals surface area contributed by atoms with Crippen LogP contribution < -0.4 is 14.8 Å². The van der Waals surface area contributed by atoms with Crippen molar-refractivity contribution in [1.29, 1.82) is 0 Å². The molecule has 0 spiro atoms. The van der Waals surface area contributed by atoms with E-state index in [0.29, 0.717) is 44.9 Å². The van der Waals surface area contributed by atoms with E-state index in [1.165, 1.54) is 42.4 Å². The van der Waals surface area contributed by atoms with E-state index in [9.17, 15) is 14.4 Å². The van der Waals surface area contributed by atoms with Gasteiger partial charge in [0.1, 0.15) is 9.32 Å². The monoisotopic (exact) mass is 644 g/mol. The fraction of sp³-hybridized carbons (Fsp3) is 0.500. The number of hydrogen-bond acceptors (Lipinski definition) is 9. The number of aryl methyl sites for hydroxylation is 1. The van der Waals surface area contributed by atoms with Crippen LogP contribution in [0.5, 0.6) is 11.5 Å². The Morgan fingerprint density at radius 2 is 1.88 bits per heavy atom. The zero-order chi connectivity index (χ0) is 30.9. The highest BCUT2D eigenvalue weighted by Gasteiger charge is 2.31. The number of amides is 2. The maximum atomic E-state index is 13.1. The first-order chi connectivity index (χ1) is 20.7. The Kier molecular flexibility index (Phi) is 12.1. The van der Waals surface area contributed by atoms with E-state index in [0.717, 1.165) is 47.4 Å². The number of rotatable bonds is 13. The van der Waals surface area contributed by atoms with Gasteiger partial charge in [0.25, 0.3) is 5.91 Å². The van der Waals surface area contributed by atoms with E-state index < -0.39 is 5.97 Å². The highest BCUT2D eigenvalue weighted by Crippen LogP contribution is 2.36. The van der Waals surface area contributed by atoms with Crippen LogP contribution >= 0.6 is 35.3 Å². The van der Waals surface area contributed by atoms with E-state index >= 15 is 0 Å². The van der Waals surface area contributed by atoms with E-state index in [1.54, 1.807) is 18.9 Å².